The highest BCUT2D eigenvalue weighted by molar-refractivity contribution is 5.81. The van der Waals surface area contributed by atoms with Crippen LogP contribution in [0.3, 0.4) is 0 Å². The van der Waals surface area contributed by atoms with Crippen LogP contribution in [0.15, 0.2) is 29.3 Å². The van der Waals surface area contributed by atoms with E-state index < -0.39 is 0 Å². The largest absolute Gasteiger partial charge is 0.356 e. The zero-order chi connectivity index (χ0) is 18.1. The Bertz CT molecular complexity index is 562. The molecular weight excluding hydrogens is 312 g/mol. The van der Waals surface area contributed by atoms with Crippen LogP contribution in [0.5, 0.6) is 0 Å². The zero-order valence-electron chi connectivity index (χ0n) is 15.8. The van der Waals surface area contributed by atoms with Gasteiger partial charge in [-0.05, 0) is 30.4 Å². The molecule has 0 aliphatic heterocycles. The number of nitrogens with zero attached hydrogens (tertiary/aromatic N) is 2. The summed E-state index contributed by atoms with van der Waals surface area (Å²) in [7, 11) is 3.79. The van der Waals surface area contributed by atoms with Crippen molar-refractivity contribution in [1.82, 2.24) is 15.5 Å². The van der Waals surface area contributed by atoms with Gasteiger partial charge in [-0.3, -0.25) is 9.79 Å². The number of hydrogen-bond acceptors (Lipinski definition) is 2. The van der Waals surface area contributed by atoms with Crippen molar-refractivity contribution < 1.29 is 4.79 Å². The van der Waals surface area contributed by atoms with Crippen molar-refractivity contribution in [2.45, 2.75) is 58.0 Å². The first-order valence-corrected chi connectivity index (χ1v) is 9.41. The molecule has 0 spiro atoms. The minimum Gasteiger partial charge on any atom is -0.356 e. The molecule has 0 aromatic heterocycles. The summed E-state index contributed by atoms with van der Waals surface area (Å²) in [6.45, 7) is 3.55. The summed E-state index contributed by atoms with van der Waals surface area (Å²) in [5.74, 6) is 0.945. The van der Waals surface area contributed by atoms with Crippen LogP contribution in [0, 0.1) is 0 Å². The first-order chi connectivity index (χ1) is 12.1. The van der Waals surface area contributed by atoms with Crippen molar-refractivity contribution >= 4 is 11.9 Å². The van der Waals surface area contributed by atoms with Crippen molar-refractivity contribution in [3.05, 3.63) is 35.4 Å². The number of amides is 1. The van der Waals surface area contributed by atoms with Gasteiger partial charge >= 0.3 is 0 Å². The van der Waals surface area contributed by atoms with Gasteiger partial charge in [0.15, 0.2) is 5.96 Å². The molecule has 138 valence electrons. The van der Waals surface area contributed by atoms with Crippen molar-refractivity contribution in [2.24, 2.45) is 4.99 Å². The summed E-state index contributed by atoms with van der Waals surface area (Å²) in [5, 5.41) is 6.40. The van der Waals surface area contributed by atoms with Crippen LogP contribution in [0.4, 0.5) is 0 Å². The maximum Gasteiger partial charge on any atom is 0.221 e. The maximum absolute atomic E-state index is 12.0. The van der Waals surface area contributed by atoms with Gasteiger partial charge in [-0.25, -0.2) is 0 Å². The van der Waals surface area contributed by atoms with Crippen LogP contribution in [0.25, 0.3) is 0 Å². The van der Waals surface area contributed by atoms with Crippen LogP contribution in [-0.2, 0) is 17.8 Å². The molecule has 0 radical (unpaired) electrons. The molecule has 5 heteroatoms. The van der Waals surface area contributed by atoms with E-state index in [4.69, 9.17) is 0 Å². The first-order valence-electron chi connectivity index (χ1n) is 9.41. The zero-order valence-corrected chi connectivity index (χ0v) is 15.8. The quantitative estimate of drug-likeness (QED) is 0.591. The van der Waals surface area contributed by atoms with E-state index in [0.29, 0.717) is 19.0 Å². The van der Waals surface area contributed by atoms with Crippen molar-refractivity contribution in [1.29, 1.82) is 0 Å². The normalized spacial score (nSPS) is 15.2. The molecule has 1 aliphatic rings. The molecule has 5 nitrogen and oxygen atoms in total. The third-order valence-corrected chi connectivity index (χ3v) is 4.78. The van der Waals surface area contributed by atoms with Gasteiger partial charge in [0.25, 0.3) is 0 Å². The van der Waals surface area contributed by atoms with Crippen molar-refractivity contribution in [3.63, 3.8) is 0 Å². The minimum absolute atomic E-state index is 0.132. The summed E-state index contributed by atoms with van der Waals surface area (Å²) in [6.07, 6.45) is 6.26. The lowest BCUT2D eigenvalue weighted by Crippen LogP contribution is -2.41. The molecule has 0 saturated heterocycles. The Hall–Kier alpha value is -2.04. The van der Waals surface area contributed by atoms with Crippen LogP contribution >= 0.6 is 0 Å². The van der Waals surface area contributed by atoms with Gasteiger partial charge in [0.2, 0.25) is 5.91 Å². The molecule has 1 fully saturated rings. The van der Waals surface area contributed by atoms with Gasteiger partial charge in [-0.15, -0.1) is 0 Å². The van der Waals surface area contributed by atoms with Gasteiger partial charge in [0, 0.05) is 39.6 Å². The third-order valence-electron chi connectivity index (χ3n) is 4.78. The number of rotatable bonds is 7. The summed E-state index contributed by atoms with van der Waals surface area (Å²) >= 11 is 0. The van der Waals surface area contributed by atoms with E-state index in [-0.39, 0.29) is 5.91 Å². The topological polar surface area (TPSA) is 56.7 Å². The highest BCUT2D eigenvalue weighted by Gasteiger charge is 2.16. The molecule has 1 amide bonds. The molecule has 0 atom stereocenters. The minimum atomic E-state index is 0.132. The molecule has 2 rings (SSSR count). The van der Waals surface area contributed by atoms with Crippen LogP contribution < -0.4 is 10.6 Å². The first kappa shape index (κ1) is 19.3. The number of benzene rings is 1. The number of aryl methyl sites for hydroxylation is 1. The average Bonchev–Trinajstić information content (AvgIpc) is 3.12. The summed E-state index contributed by atoms with van der Waals surface area (Å²) < 4.78 is 0. The Labute approximate surface area is 151 Å². The lowest BCUT2D eigenvalue weighted by atomic mass is 10.1. The van der Waals surface area contributed by atoms with Crippen LogP contribution in [-0.4, -0.2) is 43.4 Å². The van der Waals surface area contributed by atoms with Gasteiger partial charge in [0.05, 0.1) is 0 Å². The maximum atomic E-state index is 12.0. The molecule has 2 N–H and O–H groups in total. The molecule has 25 heavy (non-hydrogen) atoms. The van der Waals surface area contributed by atoms with E-state index in [2.05, 4.69) is 51.7 Å². The molecule has 1 aromatic carbocycles. The molecule has 1 aromatic rings. The Kier molecular flexibility index (Phi) is 7.76. The van der Waals surface area contributed by atoms with Crippen LogP contribution in [0.2, 0.25) is 0 Å². The summed E-state index contributed by atoms with van der Waals surface area (Å²) in [4.78, 5) is 18.4. The van der Waals surface area contributed by atoms with Gasteiger partial charge < -0.3 is 15.5 Å². The molecular formula is C20H32N4O. The highest BCUT2D eigenvalue weighted by atomic mass is 16.1. The predicted octanol–water partition coefficient (Wildman–Crippen LogP) is 2.71. The molecule has 1 saturated carbocycles. The van der Waals surface area contributed by atoms with Crippen molar-refractivity contribution in [2.75, 3.05) is 20.6 Å². The highest BCUT2D eigenvalue weighted by Crippen LogP contribution is 2.17. The van der Waals surface area contributed by atoms with E-state index in [1.165, 1.54) is 24.0 Å². The Morgan fingerprint density at radius 2 is 1.84 bits per heavy atom. The molecule has 0 unspecified atom stereocenters. The predicted molar refractivity (Wildman–Crippen MR) is 104 cm³/mol. The fourth-order valence-corrected chi connectivity index (χ4v) is 3.27. The smallest absolute Gasteiger partial charge is 0.221 e. The molecule has 0 bridgehead atoms. The lowest BCUT2D eigenvalue weighted by molar-refractivity contribution is -0.121. The second-order valence-electron chi connectivity index (χ2n) is 6.80. The molecule has 1 aliphatic carbocycles. The lowest BCUT2D eigenvalue weighted by Gasteiger charge is -2.22. The fourth-order valence-electron chi connectivity index (χ4n) is 3.27. The molecule has 0 heterocycles. The Balaban J connectivity index is 1.73. The third kappa shape index (κ3) is 6.40. The van der Waals surface area contributed by atoms with E-state index in [9.17, 15) is 4.79 Å². The van der Waals surface area contributed by atoms with E-state index >= 15 is 0 Å². The Morgan fingerprint density at radius 1 is 1.20 bits per heavy atom. The standard InChI is InChI=1S/C20H32N4O/c1-4-16-9-11-17(12-10-16)15-24(3)20(21-2)22-14-13-19(25)23-18-7-5-6-8-18/h9-12,18H,4-8,13-15H2,1-3H3,(H,21,22)(H,23,25). The second-order valence-corrected chi connectivity index (χ2v) is 6.80. The van der Waals surface area contributed by atoms with Gasteiger partial charge in [-0.2, -0.15) is 0 Å². The van der Waals surface area contributed by atoms with E-state index in [1.54, 1.807) is 7.05 Å². The van der Waals surface area contributed by atoms with Gasteiger partial charge in [-0.1, -0.05) is 44.0 Å². The monoisotopic (exact) mass is 344 g/mol. The fraction of sp³-hybridized carbons (Fsp3) is 0.600. The van der Waals surface area contributed by atoms with Crippen LogP contribution in [0.1, 0.15) is 50.2 Å². The number of carbonyl (C=O) groups excluding carboxylic acids is 1. The van der Waals surface area contributed by atoms with E-state index in [0.717, 1.165) is 31.8 Å². The Morgan fingerprint density at radius 3 is 2.44 bits per heavy atom. The summed E-state index contributed by atoms with van der Waals surface area (Å²) in [6, 6.07) is 9.06. The average molecular weight is 345 g/mol. The van der Waals surface area contributed by atoms with E-state index in [1.807, 2.05) is 7.05 Å². The number of carbonyl (C=O) groups is 1. The summed E-state index contributed by atoms with van der Waals surface area (Å²) in [5.41, 5.74) is 2.60. The van der Waals surface area contributed by atoms with Crippen molar-refractivity contribution in [3.8, 4) is 0 Å². The number of hydrogen-bond donors (Lipinski definition) is 2. The number of aliphatic imine (C=N–C) groups is 1. The number of nitrogens with one attached hydrogen (secondary N) is 2. The second kappa shape index (κ2) is 10.1. The SMILES string of the molecule is CCc1ccc(CN(C)C(=NC)NCCC(=O)NC2CCCC2)cc1. The van der Waals surface area contributed by atoms with Gasteiger partial charge in [0.1, 0.15) is 0 Å². The number of guanidine groups is 1.